The van der Waals surface area contributed by atoms with E-state index in [9.17, 15) is 0 Å². The minimum Gasteiger partial charge on any atom is -0.406 e. The maximum atomic E-state index is 4.84. The van der Waals surface area contributed by atoms with Crippen LogP contribution in [0.4, 0.5) is 0 Å². The van der Waals surface area contributed by atoms with E-state index in [1.165, 1.54) is 60.1 Å². The molecule has 6 atom stereocenters. The summed E-state index contributed by atoms with van der Waals surface area (Å²) in [6.07, 6.45) is 22.2. The number of benzene rings is 1. The van der Waals surface area contributed by atoms with E-state index in [4.69, 9.17) is 6.58 Å². The molecule has 0 saturated carbocycles. The molecule has 0 spiro atoms. The molecular weight excluding hydrogens is 397 g/mol. The zero-order valence-corrected chi connectivity index (χ0v) is 20.5. The molecule has 6 aliphatic rings. The van der Waals surface area contributed by atoms with Crippen LogP contribution < -0.4 is 0 Å². The van der Waals surface area contributed by atoms with Crippen molar-refractivity contribution in [2.75, 3.05) is 0 Å². The van der Waals surface area contributed by atoms with E-state index in [-0.39, 0.29) is 5.31 Å². The Morgan fingerprint density at radius 2 is 2.03 bits per heavy atom. The van der Waals surface area contributed by atoms with Gasteiger partial charge in [0.2, 0.25) is 0 Å². The van der Waals surface area contributed by atoms with Crippen molar-refractivity contribution < 1.29 is 0 Å². The fourth-order valence-electron chi connectivity index (χ4n) is 9.25. The zero-order chi connectivity index (χ0) is 22.5. The van der Waals surface area contributed by atoms with Crippen LogP contribution in [-0.2, 0) is 12.8 Å². The molecule has 3 aliphatic heterocycles. The summed E-state index contributed by atoms with van der Waals surface area (Å²) in [6, 6.07) is 5.42. The maximum Gasteiger partial charge on any atom is 0.269 e. The molecule has 2 bridgehead atoms. The fraction of sp³-hybridized carbons (Fsp3) is 0.484. The predicted octanol–water partition coefficient (Wildman–Crippen LogP) is 7.70. The fourth-order valence-corrected chi connectivity index (χ4v) is 9.25. The summed E-state index contributed by atoms with van der Waals surface area (Å²) in [6.45, 7) is 12.8. The Morgan fingerprint density at radius 1 is 1.18 bits per heavy atom. The Bertz CT molecular complexity index is 1180. The molecule has 0 N–H and O–H groups in total. The number of aryl methyl sites for hydroxylation is 1. The van der Waals surface area contributed by atoms with Gasteiger partial charge in [0.15, 0.2) is 0 Å². The van der Waals surface area contributed by atoms with E-state index in [1.807, 2.05) is 0 Å². The van der Waals surface area contributed by atoms with E-state index in [0.29, 0.717) is 18.8 Å². The lowest BCUT2D eigenvalue weighted by Crippen LogP contribution is -2.64. The number of fused-ring (bicyclic) bond motifs is 3. The first-order valence-electron chi connectivity index (χ1n) is 13.5. The van der Waals surface area contributed by atoms with Crippen LogP contribution in [0.15, 0.2) is 66.4 Å². The van der Waals surface area contributed by atoms with Gasteiger partial charge >= 0.3 is 0 Å². The number of hydrogen-bond donors (Lipinski definition) is 0. The first-order chi connectivity index (χ1) is 16.1. The Morgan fingerprint density at radius 3 is 2.85 bits per heavy atom. The monoisotopic (exact) mass is 433 g/mol. The third-order valence-electron chi connectivity index (χ3n) is 10.3. The lowest BCUT2D eigenvalue weighted by molar-refractivity contribution is 0.112. The molecule has 5 unspecified atom stereocenters. The van der Waals surface area contributed by atoms with Gasteiger partial charge < -0.3 is 4.81 Å². The van der Waals surface area contributed by atoms with Crippen LogP contribution in [0, 0.1) is 17.8 Å². The topological polar surface area (TPSA) is 3.24 Å². The molecule has 0 aromatic heterocycles. The summed E-state index contributed by atoms with van der Waals surface area (Å²) in [5.41, 5.74) is 10.6. The van der Waals surface area contributed by atoms with Crippen LogP contribution in [0.25, 0.3) is 5.57 Å². The van der Waals surface area contributed by atoms with Crippen molar-refractivity contribution >= 4 is 12.4 Å². The smallest absolute Gasteiger partial charge is 0.269 e. The summed E-state index contributed by atoms with van der Waals surface area (Å²) in [7, 11) is 0. The highest BCUT2D eigenvalue weighted by molar-refractivity contribution is 6.63. The van der Waals surface area contributed by atoms with Gasteiger partial charge in [0.1, 0.15) is 0 Å². The van der Waals surface area contributed by atoms with E-state index in [1.54, 1.807) is 11.1 Å². The summed E-state index contributed by atoms with van der Waals surface area (Å²) >= 11 is 0. The Kier molecular flexibility index (Phi) is 4.22. The molecule has 1 aromatic carbocycles. The van der Waals surface area contributed by atoms with Crippen molar-refractivity contribution in [3.8, 4) is 0 Å². The highest BCUT2D eigenvalue weighted by Crippen LogP contribution is 2.68. The standard InChI is InChI=1S/C31H36BN/c1-5-10-22-23-17-16-21-15-14-20-11-9-12-24-25-13-7-8-18-31(25,4)32(26(22)6-2)33-29(24)19(3)27(20)28(21)30(23)33/h7-9,12-15,18,22-23,25-26,30H,3,5-6,10-11,16-17H2,1-2,4H3/b12-9-/t22?,23?,25?,26-,30?,31?/m1/s1. The number of hydrogen-bond acceptors (Lipinski definition) is 1. The van der Waals surface area contributed by atoms with Crippen LogP contribution in [0.1, 0.15) is 74.8 Å². The van der Waals surface area contributed by atoms with Gasteiger partial charge in [0.25, 0.3) is 6.85 Å². The molecule has 1 nitrogen and oxygen atoms in total. The first-order valence-corrected chi connectivity index (χ1v) is 13.5. The number of allylic oxidation sites excluding steroid dienone is 8. The van der Waals surface area contributed by atoms with E-state index >= 15 is 0 Å². The SMILES string of the molecule is C=C1C2=C3/C=C\Cc4ccc5c(c41)C1C(CC5)C(CCC)[C@@H](CC)B(N21)C1(C)C=CC=CC31. The van der Waals surface area contributed by atoms with Crippen LogP contribution in [0.2, 0.25) is 11.1 Å². The molecule has 3 heterocycles. The van der Waals surface area contributed by atoms with Crippen molar-refractivity contribution in [1.29, 1.82) is 0 Å². The molecule has 0 radical (unpaired) electrons. The molecule has 1 aromatic rings. The van der Waals surface area contributed by atoms with Crippen LogP contribution in [0.5, 0.6) is 0 Å². The summed E-state index contributed by atoms with van der Waals surface area (Å²) < 4.78 is 0. The summed E-state index contributed by atoms with van der Waals surface area (Å²) in [5, 5.41) is 0.127. The summed E-state index contributed by atoms with van der Waals surface area (Å²) in [5.74, 6) is 2.76. The first kappa shape index (κ1) is 20.2. The second kappa shape index (κ2) is 6.90. The number of rotatable bonds is 3. The maximum absolute atomic E-state index is 4.84. The quantitative estimate of drug-likeness (QED) is 0.442. The van der Waals surface area contributed by atoms with E-state index in [0.717, 1.165) is 24.1 Å². The van der Waals surface area contributed by atoms with Crippen molar-refractivity contribution in [1.82, 2.24) is 4.81 Å². The van der Waals surface area contributed by atoms with Gasteiger partial charge in [-0.3, -0.25) is 0 Å². The Balaban J connectivity index is 1.60. The van der Waals surface area contributed by atoms with E-state index < -0.39 is 0 Å². The molecule has 3 aliphatic carbocycles. The Hall–Kier alpha value is -2.22. The molecule has 33 heavy (non-hydrogen) atoms. The minimum absolute atomic E-state index is 0.127. The van der Waals surface area contributed by atoms with Gasteiger partial charge in [0.05, 0.1) is 0 Å². The normalized spacial score (nSPS) is 37.8. The third kappa shape index (κ3) is 2.36. The van der Waals surface area contributed by atoms with Crippen LogP contribution >= 0.6 is 0 Å². The van der Waals surface area contributed by atoms with Crippen molar-refractivity contribution in [2.45, 2.75) is 76.5 Å². The summed E-state index contributed by atoms with van der Waals surface area (Å²) in [4.78, 5) is 2.97. The van der Waals surface area contributed by atoms with Crippen molar-refractivity contribution in [3.05, 3.63) is 88.7 Å². The van der Waals surface area contributed by atoms with Gasteiger partial charge in [-0.25, -0.2) is 0 Å². The van der Waals surface area contributed by atoms with Crippen molar-refractivity contribution in [3.63, 3.8) is 0 Å². The Labute approximate surface area is 200 Å². The average Bonchev–Trinajstić information content (AvgIpc) is 2.82. The third-order valence-corrected chi connectivity index (χ3v) is 10.3. The van der Waals surface area contributed by atoms with Crippen molar-refractivity contribution in [2.24, 2.45) is 17.8 Å². The predicted molar refractivity (Wildman–Crippen MR) is 140 cm³/mol. The molecule has 1 fully saturated rings. The highest BCUT2D eigenvalue weighted by Gasteiger charge is 2.63. The minimum atomic E-state index is 0.127. The second-order valence-corrected chi connectivity index (χ2v) is 11.7. The highest BCUT2D eigenvalue weighted by atomic mass is 15.2. The largest absolute Gasteiger partial charge is 0.406 e. The lowest BCUT2D eigenvalue weighted by atomic mass is 9.24. The lowest BCUT2D eigenvalue weighted by Gasteiger charge is -2.66. The molecule has 168 valence electrons. The second-order valence-electron chi connectivity index (χ2n) is 11.7. The molecule has 2 heteroatoms. The van der Waals surface area contributed by atoms with E-state index in [2.05, 4.69) is 74.2 Å². The van der Waals surface area contributed by atoms with Gasteiger partial charge in [-0.2, -0.15) is 0 Å². The molecule has 7 rings (SSSR count). The van der Waals surface area contributed by atoms with Crippen LogP contribution in [0.3, 0.4) is 0 Å². The van der Waals surface area contributed by atoms with Gasteiger partial charge in [0, 0.05) is 17.7 Å². The average molecular weight is 433 g/mol. The molecular formula is C31H36BN. The molecule has 1 saturated heterocycles. The van der Waals surface area contributed by atoms with Gasteiger partial charge in [-0.1, -0.05) is 95.2 Å². The van der Waals surface area contributed by atoms with Gasteiger partial charge in [-0.05, 0) is 75.6 Å². The molecule has 0 amide bonds. The van der Waals surface area contributed by atoms with Crippen LogP contribution in [-0.4, -0.2) is 11.7 Å². The van der Waals surface area contributed by atoms with Gasteiger partial charge in [-0.15, -0.1) is 0 Å². The number of nitrogens with zero attached hydrogens (tertiary/aromatic N) is 1. The zero-order valence-electron chi connectivity index (χ0n) is 20.5.